The van der Waals surface area contributed by atoms with E-state index in [4.69, 9.17) is 16.3 Å². The number of carbonyl (C=O) groups is 2. The highest BCUT2D eigenvalue weighted by Gasteiger charge is 2.32. The number of amides is 2. The molecule has 0 aromatic heterocycles. The fraction of sp³-hybridized carbons (Fsp3) is 0.133. The van der Waals surface area contributed by atoms with Gasteiger partial charge in [0, 0.05) is 22.8 Å². The number of ether oxygens (including phenoxy) is 1. The van der Waals surface area contributed by atoms with E-state index in [2.05, 4.69) is 5.32 Å². The predicted molar refractivity (Wildman–Crippen MR) is 143 cm³/mol. The lowest BCUT2D eigenvalue weighted by molar-refractivity contribution is -0.139. The summed E-state index contributed by atoms with van der Waals surface area (Å²) in [7, 11) is 1.56. The molecule has 0 aliphatic rings. The lowest BCUT2D eigenvalue weighted by Gasteiger charge is -2.32. The number of rotatable bonds is 9. The minimum Gasteiger partial charge on any atom is -0.497 e. The third-order valence-corrected chi connectivity index (χ3v) is 6.17. The Bertz CT molecular complexity index is 1350. The number of benzene rings is 4. The Kier molecular flexibility index (Phi) is 8.54. The highest BCUT2D eigenvalue weighted by Crippen LogP contribution is 2.28. The van der Waals surface area contributed by atoms with Crippen LogP contribution in [0.15, 0.2) is 103 Å². The molecule has 0 spiro atoms. The van der Waals surface area contributed by atoms with Gasteiger partial charge in [-0.15, -0.1) is 0 Å². The molecule has 4 aromatic carbocycles. The van der Waals surface area contributed by atoms with E-state index in [-0.39, 0.29) is 18.9 Å². The van der Waals surface area contributed by atoms with Crippen LogP contribution in [0.1, 0.15) is 22.7 Å². The zero-order chi connectivity index (χ0) is 26.2. The third-order valence-electron chi connectivity index (χ3n) is 5.92. The molecule has 37 heavy (non-hydrogen) atoms. The third kappa shape index (κ3) is 6.74. The molecule has 1 unspecified atom stereocenters. The van der Waals surface area contributed by atoms with Crippen LogP contribution in [0.4, 0.5) is 10.1 Å². The molecule has 4 rings (SSSR count). The number of nitrogens with zero attached hydrogens (tertiary/aromatic N) is 1. The fourth-order valence-corrected chi connectivity index (χ4v) is 4.13. The summed E-state index contributed by atoms with van der Waals surface area (Å²) in [4.78, 5) is 28.9. The zero-order valence-electron chi connectivity index (χ0n) is 20.2. The highest BCUT2D eigenvalue weighted by atomic mass is 35.5. The number of methoxy groups -OCH3 is 1. The van der Waals surface area contributed by atoms with Gasteiger partial charge >= 0.3 is 0 Å². The summed E-state index contributed by atoms with van der Waals surface area (Å²) in [6, 6.07) is 28.0. The summed E-state index contributed by atoms with van der Waals surface area (Å²) >= 11 is 6.11. The van der Waals surface area contributed by atoms with Crippen LogP contribution in [-0.4, -0.2) is 23.8 Å². The maximum absolute atomic E-state index is 14.7. The molecule has 5 nitrogen and oxygen atoms in total. The standard InChI is InChI=1S/C30H26ClFN2O3/c1-37-26-17-15-25(16-18-26)33-30(36)29(22-11-13-24(31)14-12-22)34(20-23-9-5-6-10-27(23)32)28(35)19-21-7-3-2-4-8-21/h2-18,29H,19-20H2,1H3,(H,33,36). The summed E-state index contributed by atoms with van der Waals surface area (Å²) < 4.78 is 19.9. The predicted octanol–water partition coefficient (Wildman–Crippen LogP) is 6.44. The van der Waals surface area contributed by atoms with Gasteiger partial charge in [-0.2, -0.15) is 0 Å². The molecule has 0 fully saturated rings. The Balaban J connectivity index is 1.74. The molecule has 0 saturated heterocycles. The summed E-state index contributed by atoms with van der Waals surface area (Å²) in [6.45, 7) is -0.0956. The second-order valence-electron chi connectivity index (χ2n) is 8.45. The van der Waals surface area contributed by atoms with E-state index in [9.17, 15) is 14.0 Å². The van der Waals surface area contributed by atoms with Gasteiger partial charge in [0.25, 0.3) is 5.91 Å². The Morgan fingerprint density at radius 3 is 2.19 bits per heavy atom. The van der Waals surface area contributed by atoms with E-state index in [1.165, 1.54) is 11.0 Å². The average Bonchev–Trinajstić information content (AvgIpc) is 2.91. The normalized spacial score (nSPS) is 11.4. The first kappa shape index (κ1) is 25.9. The van der Waals surface area contributed by atoms with E-state index < -0.39 is 17.8 Å². The van der Waals surface area contributed by atoms with Crippen molar-refractivity contribution in [2.24, 2.45) is 0 Å². The van der Waals surface area contributed by atoms with E-state index in [1.807, 2.05) is 30.3 Å². The molecule has 0 bridgehead atoms. The highest BCUT2D eigenvalue weighted by molar-refractivity contribution is 6.30. The number of anilines is 1. The van der Waals surface area contributed by atoms with Gasteiger partial charge in [0.05, 0.1) is 13.5 Å². The van der Waals surface area contributed by atoms with Crippen molar-refractivity contribution in [3.63, 3.8) is 0 Å². The SMILES string of the molecule is COc1ccc(NC(=O)C(c2ccc(Cl)cc2)N(Cc2ccccc2F)C(=O)Cc2ccccc2)cc1. The van der Waals surface area contributed by atoms with Crippen LogP contribution in [0, 0.1) is 5.82 Å². The molecule has 2 amide bonds. The maximum atomic E-state index is 14.7. The van der Waals surface area contributed by atoms with Crippen molar-refractivity contribution >= 4 is 29.1 Å². The van der Waals surface area contributed by atoms with Crippen LogP contribution in [0.3, 0.4) is 0 Å². The fourth-order valence-electron chi connectivity index (χ4n) is 4.01. The van der Waals surface area contributed by atoms with Crippen LogP contribution in [0.2, 0.25) is 5.02 Å². The number of carbonyl (C=O) groups excluding carboxylic acids is 2. The van der Waals surface area contributed by atoms with Crippen molar-refractivity contribution < 1.29 is 18.7 Å². The van der Waals surface area contributed by atoms with Gasteiger partial charge in [-0.3, -0.25) is 9.59 Å². The molecule has 0 aliphatic heterocycles. The second-order valence-corrected chi connectivity index (χ2v) is 8.88. The van der Waals surface area contributed by atoms with Gasteiger partial charge in [0.15, 0.2) is 0 Å². The first-order chi connectivity index (χ1) is 17.9. The number of hydrogen-bond acceptors (Lipinski definition) is 3. The van der Waals surface area contributed by atoms with Crippen LogP contribution >= 0.6 is 11.6 Å². The maximum Gasteiger partial charge on any atom is 0.251 e. The molecule has 7 heteroatoms. The number of hydrogen-bond donors (Lipinski definition) is 1. The second kappa shape index (κ2) is 12.2. The lowest BCUT2D eigenvalue weighted by Crippen LogP contribution is -2.41. The molecule has 0 saturated carbocycles. The van der Waals surface area contributed by atoms with Gasteiger partial charge < -0.3 is 15.0 Å². The molecule has 1 N–H and O–H groups in total. The molecule has 1 atom stereocenters. The summed E-state index contributed by atoms with van der Waals surface area (Å²) in [5.41, 5.74) is 2.18. The van der Waals surface area contributed by atoms with Crippen molar-refractivity contribution in [2.45, 2.75) is 19.0 Å². The Morgan fingerprint density at radius 1 is 0.892 bits per heavy atom. The lowest BCUT2D eigenvalue weighted by atomic mass is 10.0. The molecular weight excluding hydrogens is 491 g/mol. The van der Waals surface area contributed by atoms with Crippen molar-refractivity contribution in [3.05, 3.63) is 131 Å². The van der Waals surface area contributed by atoms with Crippen molar-refractivity contribution in [3.8, 4) is 5.75 Å². The molecule has 188 valence electrons. The zero-order valence-corrected chi connectivity index (χ0v) is 21.0. The Hall–Kier alpha value is -4.16. The summed E-state index contributed by atoms with van der Waals surface area (Å²) in [5, 5.41) is 3.39. The Labute approximate surface area is 220 Å². The summed E-state index contributed by atoms with van der Waals surface area (Å²) in [5.74, 6) is -0.568. The van der Waals surface area contributed by atoms with Gasteiger partial charge in [-0.1, -0.05) is 72.3 Å². The summed E-state index contributed by atoms with van der Waals surface area (Å²) in [6.07, 6.45) is 0.0508. The molecule has 4 aromatic rings. The molecule has 0 aliphatic carbocycles. The molecule has 0 heterocycles. The average molecular weight is 517 g/mol. The van der Waals surface area contributed by atoms with Gasteiger partial charge in [-0.05, 0) is 53.6 Å². The van der Waals surface area contributed by atoms with E-state index in [0.29, 0.717) is 27.6 Å². The van der Waals surface area contributed by atoms with Gasteiger partial charge in [0.2, 0.25) is 5.91 Å². The minimum atomic E-state index is -1.05. The Morgan fingerprint density at radius 2 is 1.54 bits per heavy atom. The van der Waals surface area contributed by atoms with Crippen molar-refractivity contribution in [2.75, 3.05) is 12.4 Å². The van der Waals surface area contributed by atoms with Gasteiger partial charge in [-0.25, -0.2) is 4.39 Å². The van der Waals surface area contributed by atoms with Crippen LogP contribution < -0.4 is 10.1 Å². The van der Waals surface area contributed by atoms with Crippen LogP contribution in [-0.2, 0) is 22.6 Å². The monoisotopic (exact) mass is 516 g/mol. The number of halogens is 2. The van der Waals surface area contributed by atoms with E-state index >= 15 is 0 Å². The largest absolute Gasteiger partial charge is 0.497 e. The molecule has 0 radical (unpaired) electrons. The van der Waals surface area contributed by atoms with Crippen LogP contribution in [0.5, 0.6) is 5.75 Å². The quantitative estimate of drug-likeness (QED) is 0.278. The molecular formula is C30H26ClFN2O3. The first-order valence-corrected chi connectivity index (χ1v) is 12.1. The first-order valence-electron chi connectivity index (χ1n) is 11.7. The number of nitrogens with one attached hydrogen (secondary N) is 1. The van der Waals surface area contributed by atoms with Crippen molar-refractivity contribution in [1.29, 1.82) is 0 Å². The minimum absolute atomic E-state index is 0.0508. The topological polar surface area (TPSA) is 58.6 Å². The van der Waals surface area contributed by atoms with Crippen molar-refractivity contribution in [1.82, 2.24) is 4.90 Å². The van der Waals surface area contributed by atoms with Gasteiger partial charge in [0.1, 0.15) is 17.6 Å². The van der Waals surface area contributed by atoms with E-state index in [0.717, 1.165) is 5.56 Å². The van der Waals surface area contributed by atoms with Crippen LogP contribution in [0.25, 0.3) is 0 Å². The van der Waals surface area contributed by atoms with E-state index in [1.54, 1.807) is 73.8 Å². The smallest absolute Gasteiger partial charge is 0.251 e.